The summed E-state index contributed by atoms with van der Waals surface area (Å²) >= 11 is 0. The van der Waals surface area contributed by atoms with Crippen LogP contribution in [0.5, 0.6) is 0 Å². The molecule has 3 aromatic rings. The first-order chi connectivity index (χ1) is 13.2. The molecule has 3 rings (SSSR count). The maximum atomic E-state index is 12.6. The van der Waals surface area contributed by atoms with Crippen molar-refractivity contribution in [2.45, 2.75) is 20.0 Å². The van der Waals surface area contributed by atoms with Crippen LogP contribution in [0.2, 0.25) is 0 Å². The van der Waals surface area contributed by atoms with E-state index in [-0.39, 0.29) is 11.6 Å². The lowest BCUT2D eigenvalue weighted by Gasteiger charge is -2.11. The standard InChI is InChI=1S/C20H17F3N4O/c1-12-3-4-13(2)17(11-12)26-18(28)16-9-10-24-19(27-16)25-15-7-5-14(6-8-15)20(21,22)23/h3-11H,1-2H3,(H,26,28)(H,24,25,27). The van der Waals surface area contributed by atoms with E-state index in [1.165, 1.54) is 24.4 Å². The monoisotopic (exact) mass is 386 g/mol. The molecule has 1 amide bonds. The van der Waals surface area contributed by atoms with Crippen molar-refractivity contribution in [2.24, 2.45) is 0 Å². The maximum absolute atomic E-state index is 12.6. The Kier molecular flexibility index (Phi) is 5.30. The van der Waals surface area contributed by atoms with Gasteiger partial charge in [0.1, 0.15) is 5.69 Å². The number of nitrogens with one attached hydrogen (secondary N) is 2. The molecule has 0 spiro atoms. The lowest BCUT2D eigenvalue weighted by atomic mass is 10.1. The number of carbonyl (C=O) groups is 1. The van der Waals surface area contributed by atoms with Crippen molar-refractivity contribution in [1.82, 2.24) is 9.97 Å². The minimum Gasteiger partial charge on any atom is -0.324 e. The number of rotatable bonds is 4. The van der Waals surface area contributed by atoms with Crippen LogP contribution >= 0.6 is 0 Å². The van der Waals surface area contributed by atoms with Crippen LogP contribution in [0.25, 0.3) is 0 Å². The molecule has 1 heterocycles. The molecular weight excluding hydrogens is 369 g/mol. The van der Waals surface area contributed by atoms with Crippen LogP contribution < -0.4 is 10.6 Å². The highest BCUT2D eigenvalue weighted by atomic mass is 19.4. The molecule has 0 unspecified atom stereocenters. The van der Waals surface area contributed by atoms with Crippen LogP contribution in [0.15, 0.2) is 54.7 Å². The Morgan fingerprint density at radius 1 is 1.00 bits per heavy atom. The summed E-state index contributed by atoms with van der Waals surface area (Å²) in [7, 11) is 0. The normalized spacial score (nSPS) is 11.2. The molecule has 0 saturated carbocycles. The summed E-state index contributed by atoms with van der Waals surface area (Å²) < 4.78 is 37.9. The first-order valence-electron chi connectivity index (χ1n) is 8.38. The van der Waals surface area contributed by atoms with E-state index in [1.807, 2.05) is 32.0 Å². The Morgan fingerprint density at radius 3 is 2.39 bits per heavy atom. The van der Waals surface area contributed by atoms with Gasteiger partial charge in [-0.05, 0) is 61.4 Å². The van der Waals surface area contributed by atoms with E-state index in [9.17, 15) is 18.0 Å². The highest BCUT2D eigenvalue weighted by molar-refractivity contribution is 6.03. The molecule has 0 atom stereocenters. The number of aryl methyl sites for hydroxylation is 2. The van der Waals surface area contributed by atoms with Crippen molar-refractivity contribution in [3.05, 3.63) is 77.1 Å². The van der Waals surface area contributed by atoms with Gasteiger partial charge >= 0.3 is 6.18 Å². The smallest absolute Gasteiger partial charge is 0.324 e. The third-order valence-electron chi connectivity index (χ3n) is 4.00. The Labute approximate surface area is 159 Å². The van der Waals surface area contributed by atoms with Gasteiger partial charge in [-0.25, -0.2) is 9.97 Å². The molecule has 5 nitrogen and oxygen atoms in total. The van der Waals surface area contributed by atoms with E-state index in [0.717, 1.165) is 23.3 Å². The second-order valence-corrected chi connectivity index (χ2v) is 6.24. The Bertz CT molecular complexity index is 1000. The predicted octanol–water partition coefficient (Wildman–Crippen LogP) is 5.11. The highest BCUT2D eigenvalue weighted by Gasteiger charge is 2.29. The molecule has 0 saturated heterocycles. The van der Waals surface area contributed by atoms with E-state index >= 15 is 0 Å². The fourth-order valence-corrected chi connectivity index (χ4v) is 2.47. The summed E-state index contributed by atoms with van der Waals surface area (Å²) in [6.07, 6.45) is -3.00. The zero-order valence-corrected chi connectivity index (χ0v) is 15.1. The molecule has 28 heavy (non-hydrogen) atoms. The number of halogens is 3. The maximum Gasteiger partial charge on any atom is 0.416 e. The van der Waals surface area contributed by atoms with Gasteiger partial charge in [0.25, 0.3) is 5.91 Å². The summed E-state index contributed by atoms with van der Waals surface area (Å²) in [5.41, 5.74) is 2.36. The van der Waals surface area contributed by atoms with E-state index in [2.05, 4.69) is 20.6 Å². The van der Waals surface area contributed by atoms with Gasteiger partial charge < -0.3 is 10.6 Å². The Hall–Kier alpha value is -3.42. The lowest BCUT2D eigenvalue weighted by molar-refractivity contribution is -0.137. The molecule has 0 fully saturated rings. The van der Waals surface area contributed by atoms with Crippen LogP contribution in [0, 0.1) is 13.8 Å². The quantitative estimate of drug-likeness (QED) is 0.654. The van der Waals surface area contributed by atoms with Crippen LogP contribution in [0.1, 0.15) is 27.2 Å². The number of aromatic nitrogens is 2. The molecule has 2 N–H and O–H groups in total. The molecule has 2 aromatic carbocycles. The van der Waals surface area contributed by atoms with Gasteiger partial charge in [-0.3, -0.25) is 4.79 Å². The molecule has 0 aliphatic carbocycles. The van der Waals surface area contributed by atoms with Gasteiger partial charge in [-0.15, -0.1) is 0 Å². The number of hydrogen-bond acceptors (Lipinski definition) is 4. The van der Waals surface area contributed by atoms with Crippen molar-refractivity contribution >= 4 is 23.2 Å². The van der Waals surface area contributed by atoms with E-state index in [4.69, 9.17) is 0 Å². The van der Waals surface area contributed by atoms with Crippen molar-refractivity contribution in [3.63, 3.8) is 0 Å². The van der Waals surface area contributed by atoms with Gasteiger partial charge in [-0.2, -0.15) is 13.2 Å². The zero-order chi connectivity index (χ0) is 20.3. The molecule has 1 aromatic heterocycles. The van der Waals surface area contributed by atoms with Crippen molar-refractivity contribution in [3.8, 4) is 0 Å². The van der Waals surface area contributed by atoms with Gasteiger partial charge in [0.2, 0.25) is 5.95 Å². The van der Waals surface area contributed by atoms with Crippen molar-refractivity contribution in [2.75, 3.05) is 10.6 Å². The van der Waals surface area contributed by atoms with E-state index in [1.54, 1.807) is 0 Å². The SMILES string of the molecule is Cc1ccc(C)c(NC(=O)c2ccnc(Nc3ccc(C(F)(F)F)cc3)n2)c1. The summed E-state index contributed by atoms with van der Waals surface area (Å²) in [5.74, 6) is -0.306. The molecule has 0 aliphatic heterocycles. The third kappa shape index (κ3) is 4.64. The van der Waals surface area contributed by atoms with E-state index in [0.29, 0.717) is 11.4 Å². The highest BCUT2D eigenvalue weighted by Crippen LogP contribution is 2.30. The average Bonchev–Trinajstić information content (AvgIpc) is 2.64. The van der Waals surface area contributed by atoms with Crippen LogP contribution in [-0.2, 0) is 6.18 Å². The number of nitrogens with zero attached hydrogens (tertiary/aromatic N) is 2. The summed E-state index contributed by atoms with van der Waals surface area (Å²) in [4.78, 5) is 20.6. The number of anilines is 3. The number of benzene rings is 2. The fraction of sp³-hybridized carbons (Fsp3) is 0.150. The molecular formula is C20H17F3N4O. The number of carbonyl (C=O) groups excluding carboxylic acids is 1. The number of hydrogen-bond donors (Lipinski definition) is 2. The zero-order valence-electron chi connectivity index (χ0n) is 15.1. The molecule has 8 heteroatoms. The minimum absolute atomic E-state index is 0.105. The Morgan fingerprint density at radius 2 is 1.71 bits per heavy atom. The van der Waals surface area contributed by atoms with Crippen LogP contribution in [0.4, 0.5) is 30.5 Å². The first kappa shape index (κ1) is 19.3. The van der Waals surface area contributed by atoms with Gasteiger partial charge in [0.05, 0.1) is 5.56 Å². The van der Waals surface area contributed by atoms with Gasteiger partial charge in [0, 0.05) is 17.6 Å². The van der Waals surface area contributed by atoms with Crippen molar-refractivity contribution < 1.29 is 18.0 Å². The summed E-state index contributed by atoms with van der Waals surface area (Å²) in [6, 6.07) is 11.6. The molecule has 0 aliphatic rings. The molecule has 144 valence electrons. The molecule has 0 bridgehead atoms. The van der Waals surface area contributed by atoms with Gasteiger partial charge in [-0.1, -0.05) is 12.1 Å². The van der Waals surface area contributed by atoms with Gasteiger partial charge in [0.15, 0.2) is 0 Å². The third-order valence-corrected chi connectivity index (χ3v) is 4.00. The lowest BCUT2D eigenvalue weighted by Crippen LogP contribution is -2.15. The summed E-state index contributed by atoms with van der Waals surface area (Å²) in [5, 5.41) is 5.59. The Balaban J connectivity index is 1.75. The van der Waals surface area contributed by atoms with Crippen molar-refractivity contribution in [1.29, 1.82) is 0 Å². The largest absolute Gasteiger partial charge is 0.416 e. The van der Waals surface area contributed by atoms with Crippen LogP contribution in [-0.4, -0.2) is 15.9 Å². The molecule has 0 radical (unpaired) electrons. The predicted molar refractivity (Wildman–Crippen MR) is 101 cm³/mol. The number of amides is 1. The first-order valence-corrected chi connectivity index (χ1v) is 8.38. The van der Waals surface area contributed by atoms with Crippen LogP contribution in [0.3, 0.4) is 0 Å². The topological polar surface area (TPSA) is 66.9 Å². The van der Waals surface area contributed by atoms with E-state index < -0.39 is 17.6 Å². The second kappa shape index (κ2) is 7.67. The number of alkyl halides is 3. The fourth-order valence-electron chi connectivity index (χ4n) is 2.47. The summed E-state index contributed by atoms with van der Waals surface area (Å²) in [6.45, 7) is 3.80. The second-order valence-electron chi connectivity index (χ2n) is 6.24. The average molecular weight is 386 g/mol. The minimum atomic E-state index is -4.40.